The van der Waals surface area contributed by atoms with Gasteiger partial charge in [-0.05, 0) is 32.9 Å². The van der Waals surface area contributed by atoms with E-state index >= 15 is 0 Å². The molecule has 1 amide bonds. The first-order valence-electron chi connectivity index (χ1n) is 8.76. The van der Waals surface area contributed by atoms with Gasteiger partial charge in [-0.2, -0.15) is 5.26 Å². The number of nitrogens with one attached hydrogen (secondary N) is 3. The van der Waals surface area contributed by atoms with E-state index in [1.54, 1.807) is 18.2 Å². The van der Waals surface area contributed by atoms with Crippen LogP contribution in [0.2, 0.25) is 0 Å². The zero-order valence-electron chi connectivity index (χ0n) is 16.0. The highest BCUT2D eigenvalue weighted by molar-refractivity contribution is 5.99. The van der Waals surface area contributed by atoms with E-state index in [0.29, 0.717) is 29.4 Å². The standard InChI is InChI=1S/C19H23FN6O2/c1-4-22-14-7-17(26-16-6-5-12(8-21)9-23-16)24-10-13(14)18(27)25-11-15(20)19(2,3)28/h5-7,9-10,15,28H,4,11H2,1-3H3,(H,25,27)(H2,22,23,24,26). The van der Waals surface area contributed by atoms with Crippen molar-refractivity contribution in [3.8, 4) is 6.07 Å². The van der Waals surface area contributed by atoms with Gasteiger partial charge in [0.1, 0.15) is 23.9 Å². The van der Waals surface area contributed by atoms with Crippen LogP contribution in [0.15, 0.2) is 30.6 Å². The Labute approximate surface area is 162 Å². The van der Waals surface area contributed by atoms with Crippen LogP contribution in [-0.2, 0) is 0 Å². The highest BCUT2D eigenvalue weighted by Crippen LogP contribution is 2.21. The molecule has 0 aliphatic heterocycles. The van der Waals surface area contributed by atoms with E-state index in [2.05, 4.69) is 25.9 Å². The summed E-state index contributed by atoms with van der Waals surface area (Å²) in [7, 11) is 0. The number of aliphatic hydroxyl groups is 1. The molecule has 1 atom stereocenters. The van der Waals surface area contributed by atoms with Crippen LogP contribution in [-0.4, -0.2) is 45.8 Å². The molecule has 0 bridgehead atoms. The summed E-state index contributed by atoms with van der Waals surface area (Å²) in [5.74, 6) is 0.444. The number of halogens is 1. The van der Waals surface area contributed by atoms with E-state index in [1.165, 1.54) is 26.2 Å². The minimum absolute atomic E-state index is 0.253. The molecular formula is C19H23FN6O2. The molecule has 8 nitrogen and oxygen atoms in total. The molecule has 0 radical (unpaired) electrons. The molecule has 2 aromatic heterocycles. The minimum Gasteiger partial charge on any atom is -0.387 e. The van der Waals surface area contributed by atoms with Gasteiger partial charge in [0, 0.05) is 25.0 Å². The lowest BCUT2D eigenvalue weighted by molar-refractivity contribution is -0.00177. The molecule has 28 heavy (non-hydrogen) atoms. The Hall–Kier alpha value is -3.25. The molecule has 1 unspecified atom stereocenters. The van der Waals surface area contributed by atoms with Gasteiger partial charge in [-0.15, -0.1) is 0 Å². The molecule has 0 aliphatic rings. The van der Waals surface area contributed by atoms with Crippen LogP contribution < -0.4 is 16.0 Å². The van der Waals surface area contributed by atoms with Gasteiger partial charge in [-0.1, -0.05) is 0 Å². The van der Waals surface area contributed by atoms with Gasteiger partial charge in [0.15, 0.2) is 0 Å². The molecule has 0 saturated heterocycles. The van der Waals surface area contributed by atoms with Crippen LogP contribution in [0.3, 0.4) is 0 Å². The molecular weight excluding hydrogens is 363 g/mol. The number of pyridine rings is 2. The number of hydrogen-bond acceptors (Lipinski definition) is 7. The first-order valence-corrected chi connectivity index (χ1v) is 8.76. The summed E-state index contributed by atoms with van der Waals surface area (Å²) in [5.41, 5.74) is -0.332. The van der Waals surface area contributed by atoms with Gasteiger partial charge < -0.3 is 21.1 Å². The summed E-state index contributed by atoms with van der Waals surface area (Å²) in [4.78, 5) is 20.7. The summed E-state index contributed by atoms with van der Waals surface area (Å²) >= 11 is 0. The first-order chi connectivity index (χ1) is 13.2. The van der Waals surface area contributed by atoms with Crippen LogP contribution in [0.5, 0.6) is 0 Å². The fourth-order valence-corrected chi connectivity index (χ4v) is 2.23. The maximum Gasteiger partial charge on any atom is 0.255 e. The highest BCUT2D eigenvalue weighted by atomic mass is 19.1. The van der Waals surface area contributed by atoms with E-state index in [-0.39, 0.29) is 12.1 Å². The molecule has 9 heteroatoms. The Kier molecular flexibility index (Phi) is 6.84. The van der Waals surface area contributed by atoms with Gasteiger partial charge in [0.2, 0.25) is 0 Å². The number of hydrogen-bond donors (Lipinski definition) is 4. The Morgan fingerprint density at radius 3 is 2.61 bits per heavy atom. The third-order valence-corrected chi connectivity index (χ3v) is 3.87. The minimum atomic E-state index is -1.60. The van der Waals surface area contributed by atoms with E-state index in [4.69, 9.17) is 5.26 Å². The van der Waals surface area contributed by atoms with Crippen LogP contribution in [0, 0.1) is 11.3 Å². The van der Waals surface area contributed by atoms with Crippen molar-refractivity contribution in [3.05, 3.63) is 41.7 Å². The van der Waals surface area contributed by atoms with Gasteiger partial charge in [0.25, 0.3) is 5.91 Å². The van der Waals surface area contributed by atoms with Gasteiger partial charge in [-0.25, -0.2) is 14.4 Å². The number of rotatable bonds is 8. The molecule has 0 fully saturated rings. The van der Waals surface area contributed by atoms with E-state index in [1.807, 2.05) is 13.0 Å². The third-order valence-electron chi connectivity index (χ3n) is 3.87. The van der Waals surface area contributed by atoms with Crippen molar-refractivity contribution in [2.24, 2.45) is 0 Å². The number of aromatic nitrogens is 2. The molecule has 2 rings (SSSR count). The average molecular weight is 386 g/mol. The monoisotopic (exact) mass is 386 g/mol. The van der Waals surface area contributed by atoms with Crippen molar-refractivity contribution in [3.63, 3.8) is 0 Å². The SMILES string of the molecule is CCNc1cc(Nc2ccc(C#N)cn2)ncc1C(=O)NCC(F)C(C)(C)O. The lowest BCUT2D eigenvalue weighted by atomic mass is 10.0. The van der Waals surface area contributed by atoms with Crippen molar-refractivity contribution >= 4 is 23.2 Å². The Morgan fingerprint density at radius 1 is 1.32 bits per heavy atom. The predicted molar refractivity (Wildman–Crippen MR) is 104 cm³/mol. The zero-order valence-corrected chi connectivity index (χ0v) is 16.0. The van der Waals surface area contributed by atoms with E-state index in [9.17, 15) is 14.3 Å². The molecule has 0 saturated carbocycles. The number of carbonyl (C=O) groups is 1. The number of alkyl halides is 1. The Balaban J connectivity index is 2.14. The molecule has 0 aliphatic carbocycles. The summed E-state index contributed by atoms with van der Waals surface area (Å²) in [5, 5.41) is 27.0. The van der Waals surface area contributed by atoms with Gasteiger partial charge in [0.05, 0.1) is 29.0 Å². The maximum atomic E-state index is 13.9. The number of carbonyl (C=O) groups excluding carboxylic acids is 1. The summed E-state index contributed by atoms with van der Waals surface area (Å²) in [6.45, 7) is 4.81. The second-order valence-corrected chi connectivity index (χ2v) is 6.65. The predicted octanol–water partition coefficient (Wildman–Crippen LogP) is 2.36. The fraction of sp³-hybridized carbons (Fsp3) is 0.368. The largest absolute Gasteiger partial charge is 0.387 e. The number of nitrogens with zero attached hydrogens (tertiary/aromatic N) is 3. The van der Waals surface area contributed by atoms with Crippen LogP contribution in [0.4, 0.5) is 21.7 Å². The van der Waals surface area contributed by atoms with Crippen LogP contribution in [0.25, 0.3) is 0 Å². The van der Waals surface area contributed by atoms with Crippen LogP contribution in [0.1, 0.15) is 36.7 Å². The van der Waals surface area contributed by atoms with Crippen molar-refractivity contribution in [2.75, 3.05) is 23.7 Å². The Bertz CT molecular complexity index is 858. The number of anilines is 3. The van der Waals surface area contributed by atoms with Crippen molar-refractivity contribution in [1.82, 2.24) is 15.3 Å². The van der Waals surface area contributed by atoms with E-state index in [0.717, 1.165) is 0 Å². The zero-order chi connectivity index (χ0) is 20.7. The van der Waals surface area contributed by atoms with Crippen LogP contribution >= 0.6 is 0 Å². The van der Waals surface area contributed by atoms with Gasteiger partial charge >= 0.3 is 0 Å². The van der Waals surface area contributed by atoms with Gasteiger partial charge in [-0.3, -0.25) is 4.79 Å². The molecule has 148 valence electrons. The smallest absolute Gasteiger partial charge is 0.255 e. The average Bonchev–Trinajstić information content (AvgIpc) is 2.66. The lowest BCUT2D eigenvalue weighted by Crippen LogP contribution is -2.42. The number of amides is 1. The second kappa shape index (κ2) is 9.10. The summed E-state index contributed by atoms with van der Waals surface area (Å²) in [6, 6.07) is 6.90. The molecule has 2 aromatic rings. The van der Waals surface area contributed by atoms with E-state index < -0.39 is 17.7 Å². The summed E-state index contributed by atoms with van der Waals surface area (Å²) in [6.07, 6.45) is 1.21. The molecule has 4 N–H and O–H groups in total. The topological polar surface area (TPSA) is 123 Å². The first kappa shape index (κ1) is 21.1. The molecule has 0 aromatic carbocycles. The van der Waals surface area contributed by atoms with Crippen molar-refractivity contribution < 1.29 is 14.3 Å². The molecule has 0 spiro atoms. The van der Waals surface area contributed by atoms with Crippen molar-refractivity contribution in [1.29, 1.82) is 5.26 Å². The normalized spacial score (nSPS) is 12.0. The maximum absolute atomic E-state index is 13.9. The molecule has 2 heterocycles. The summed E-state index contributed by atoms with van der Waals surface area (Å²) < 4.78 is 13.9. The second-order valence-electron chi connectivity index (χ2n) is 6.65. The Morgan fingerprint density at radius 2 is 2.04 bits per heavy atom. The third kappa shape index (κ3) is 5.62. The number of nitriles is 1. The highest BCUT2D eigenvalue weighted by Gasteiger charge is 2.27. The lowest BCUT2D eigenvalue weighted by Gasteiger charge is -2.22. The van der Waals surface area contributed by atoms with Crippen molar-refractivity contribution in [2.45, 2.75) is 32.5 Å². The quantitative estimate of drug-likeness (QED) is 0.549. The fourth-order valence-electron chi connectivity index (χ4n) is 2.23.